The van der Waals surface area contributed by atoms with Gasteiger partial charge in [-0.15, -0.1) is 0 Å². The topological polar surface area (TPSA) is 38.0 Å². The molecule has 2 nitrogen and oxygen atoms in total. The number of nitrogens with one attached hydrogen (secondary N) is 1. The summed E-state index contributed by atoms with van der Waals surface area (Å²) in [6.45, 7) is 2.16. The van der Waals surface area contributed by atoms with E-state index in [2.05, 4.69) is 60.9 Å². The van der Waals surface area contributed by atoms with Gasteiger partial charge < -0.3 is 0 Å². The van der Waals surface area contributed by atoms with Gasteiger partial charge in [0.05, 0.1) is 0 Å². The maximum Gasteiger partial charge on any atom is 0.0500 e. The summed E-state index contributed by atoms with van der Waals surface area (Å²) in [4.78, 5) is 0. The third-order valence-corrected chi connectivity index (χ3v) is 3.27. The molecule has 0 spiro atoms. The molecule has 2 rings (SSSR count). The number of hydrogen-bond donors (Lipinski definition) is 2. The van der Waals surface area contributed by atoms with Gasteiger partial charge in [0.15, 0.2) is 0 Å². The second-order valence-corrected chi connectivity index (χ2v) is 4.50. The Bertz CT molecular complexity index is 462. The molecule has 0 aliphatic rings. The average molecular weight is 240 g/mol. The SMILES string of the molecule is CCc1ccc(C(Cc2ccccc2)NN)cc1. The van der Waals surface area contributed by atoms with Crippen LogP contribution in [0.3, 0.4) is 0 Å². The first-order valence-electron chi connectivity index (χ1n) is 6.42. The number of benzene rings is 2. The Labute approximate surface area is 109 Å². The van der Waals surface area contributed by atoms with Gasteiger partial charge in [0.1, 0.15) is 0 Å². The molecular weight excluding hydrogens is 220 g/mol. The van der Waals surface area contributed by atoms with E-state index in [9.17, 15) is 0 Å². The van der Waals surface area contributed by atoms with Gasteiger partial charge in [0.25, 0.3) is 0 Å². The van der Waals surface area contributed by atoms with Crippen LogP contribution in [-0.2, 0) is 12.8 Å². The van der Waals surface area contributed by atoms with Crippen LogP contribution in [0.5, 0.6) is 0 Å². The number of nitrogens with two attached hydrogens (primary N) is 1. The first-order valence-corrected chi connectivity index (χ1v) is 6.42. The Morgan fingerprint density at radius 3 is 2.17 bits per heavy atom. The molecule has 94 valence electrons. The number of hydrazine groups is 1. The quantitative estimate of drug-likeness (QED) is 0.623. The van der Waals surface area contributed by atoms with Gasteiger partial charge in [-0.05, 0) is 29.5 Å². The lowest BCUT2D eigenvalue weighted by molar-refractivity contribution is 0.552. The zero-order chi connectivity index (χ0) is 12.8. The van der Waals surface area contributed by atoms with E-state index in [1.165, 1.54) is 16.7 Å². The molecule has 0 aliphatic heterocycles. The maximum atomic E-state index is 5.67. The largest absolute Gasteiger partial charge is 0.271 e. The highest BCUT2D eigenvalue weighted by Crippen LogP contribution is 2.18. The van der Waals surface area contributed by atoms with Crippen molar-refractivity contribution in [3.8, 4) is 0 Å². The predicted molar refractivity (Wildman–Crippen MR) is 76.0 cm³/mol. The molecule has 0 heterocycles. The van der Waals surface area contributed by atoms with Crippen LogP contribution in [-0.4, -0.2) is 0 Å². The van der Waals surface area contributed by atoms with Gasteiger partial charge >= 0.3 is 0 Å². The van der Waals surface area contributed by atoms with Gasteiger partial charge in [0, 0.05) is 6.04 Å². The van der Waals surface area contributed by atoms with Crippen molar-refractivity contribution in [2.24, 2.45) is 5.84 Å². The number of rotatable bonds is 5. The molecule has 0 saturated heterocycles. The molecule has 1 unspecified atom stereocenters. The molecule has 3 N–H and O–H groups in total. The molecule has 2 aromatic rings. The molecule has 0 saturated carbocycles. The fourth-order valence-corrected chi connectivity index (χ4v) is 2.11. The van der Waals surface area contributed by atoms with E-state index < -0.39 is 0 Å². The fourth-order valence-electron chi connectivity index (χ4n) is 2.11. The van der Waals surface area contributed by atoms with Crippen LogP contribution in [0, 0.1) is 0 Å². The minimum Gasteiger partial charge on any atom is -0.271 e. The van der Waals surface area contributed by atoms with Crippen LogP contribution in [0.1, 0.15) is 29.7 Å². The predicted octanol–water partition coefficient (Wildman–Crippen LogP) is 3.00. The zero-order valence-electron chi connectivity index (χ0n) is 10.8. The molecule has 0 radical (unpaired) electrons. The number of hydrogen-bond acceptors (Lipinski definition) is 2. The fraction of sp³-hybridized carbons (Fsp3) is 0.250. The molecule has 0 bridgehead atoms. The summed E-state index contributed by atoms with van der Waals surface area (Å²) >= 11 is 0. The van der Waals surface area contributed by atoms with E-state index in [1.807, 2.05) is 6.07 Å². The van der Waals surface area contributed by atoms with E-state index in [-0.39, 0.29) is 6.04 Å². The van der Waals surface area contributed by atoms with Gasteiger partial charge in [0.2, 0.25) is 0 Å². The molecule has 0 amide bonds. The maximum absolute atomic E-state index is 5.67. The highest BCUT2D eigenvalue weighted by Gasteiger charge is 2.09. The van der Waals surface area contributed by atoms with Crippen molar-refractivity contribution >= 4 is 0 Å². The Kier molecular flexibility index (Phi) is 4.51. The van der Waals surface area contributed by atoms with Crippen LogP contribution >= 0.6 is 0 Å². The van der Waals surface area contributed by atoms with E-state index in [0.717, 1.165) is 12.8 Å². The van der Waals surface area contributed by atoms with E-state index >= 15 is 0 Å². The smallest absolute Gasteiger partial charge is 0.0500 e. The summed E-state index contributed by atoms with van der Waals surface area (Å²) < 4.78 is 0. The van der Waals surface area contributed by atoms with Crippen molar-refractivity contribution in [1.82, 2.24) is 5.43 Å². The van der Waals surface area contributed by atoms with E-state index in [0.29, 0.717) is 0 Å². The van der Waals surface area contributed by atoms with Crippen molar-refractivity contribution in [3.63, 3.8) is 0 Å². The van der Waals surface area contributed by atoms with Crippen molar-refractivity contribution < 1.29 is 0 Å². The van der Waals surface area contributed by atoms with Gasteiger partial charge in [-0.1, -0.05) is 61.5 Å². The molecule has 0 fully saturated rings. The normalized spacial score (nSPS) is 12.3. The highest BCUT2D eigenvalue weighted by atomic mass is 15.2. The molecule has 2 aromatic carbocycles. The van der Waals surface area contributed by atoms with Crippen LogP contribution in [0.25, 0.3) is 0 Å². The summed E-state index contributed by atoms with van der Waals surface area (Å²) in [6, 6.07) is 19.2. The third-order valence-electron chi connectivity index (χ3n) is 3.27. The lowest BCUT2D eigenvalue weighted by Crippen LogP contribution is -2.29. The summed E-state index contributed by atoms with van der Waals surface area (Å²) in [6.07, 6.45) is 1.97. The molecule has 2 heteroatoms. The second kappa shape index (κ2) is 6.34. The van der Waals surface area contributed by atoms with Crippen LogP contribution in [0.4, 0.5) is 0 Å². The second-order valence-electron chi connectivity index (χ2n) is 4.50. The summed E-state index contributed by atoms with van der Waals surface area (Å²) in [5.74, 6) is 5.67. The monoisotopic (exact) mass is 240 g/mol. The Morgan fingerprint density at radius 2 is 1.61 bits per heavy atom. The van der Waals surface area contributed by atoms with Crippen molar-refractivity contribution in [2.75, 3.05) is 0 Å². The van der Waals surface area contributed by atoms with Crippen molar-refractivity contribution in [3.05, 3.63) is 71.3 Å². The summed E-state index contributed by atoms with van der Waals surface area (Å²) in [5, 5.41) is 0. The zero-order valence-corrected chi connectivity index (χ0v) is 10.8. The van der Waals surface area contributed by atoms with E-state index in [4.69, 9.17) is 5.84 Å². The Balaban J connectivity index is 2.12. The highest BCUT2D eigenvalue weighted by molar-refractivity contribution is 5.27. The average Bonchev–Trinajstić information content (AvgIpc) is 2.46. The standard InChI is InChI=1S/C16H20N2/c1-2-13-8-10-15(11-9-13)16(18-17)12-14-6-4-3-5-7-14/h3-11,16,18H,2,12,17H2,1H3. The van der Waals surface area contributed by atoms with E-state index in [1.54, 1.807) is 0 Å². The summed E-state index contributed by atoms with van der Waals surface area (Å²) in [5.41, 5.74) is 6.79. The molecule has 0 aliphatic carbocycles. The first kappa shape index (κ1) is 12.8. The lowest BCUT2D eigenvalue weighted by Gasteiger charge is -2.16. The lowest BCUT2D eigenvalue weighted by atomic mass is 9.98. The first-order chi connectivity index (χ1) is 8.83. The molecular formula is C16H20N2. The van der Waals surface area contributed by atoms with Gasteiger partial charge in [-0.25, -0.2) is 0 Å². The van der Waals surface area contributed by atoms with Crippen LogP contribution < -0.4 is 11.3 Å². The molecule has 18 heavy (non-hydrogen) atoms. The van der Waals surface area contributed by atoms with Crippen LogP contribution in [0.15, 0.2) is 54.6 Å². The summed E-state index contributed by atoms with van der Waals surface area (Å²) in [7, 11) is 0. The van der Waals surface area contributed by atoms with Gasteiger partial charge in [-0.3, -0.25) is 11.3 Å². The molecule has 0 aromatic heterocycles. The molecule has 1 atom stereocenters. The Morgan fingerprint density at radius 1 is 0.944 bits per heavy atom. The van der Waals surface area contributed by atoms with Gasteiger partial charge in [-0.2, -0.15) is 0 Å². The third kappa shape index (κ3) is 3.19. The minimum atomic E-state index is 0.165. The van der Waals surface area contributed by atoms with Crippen molar-refractivity contribution in [1.29, 1.82) is 0 Å². The Hall–Kier alpha value is -1.64. The van der Waals surface area contributed by atoms with Crippen LogP contribution in [0.2, 0.25) is 0 Å². The minimum absolute atomic E-state index is 0.165. The number of aryl methyl sites for hydroxylation is 1. The van der Waals surface area contributed by atoms with Crippen molar-refractivity contribution in [2.45, 2.75) is 25.8 Å².